The number of hydrogen-bond donors (Lipinski definition) is 0. The molecule has 1 aliphatic carbocycles. The summed E-state index contributed by atoms with van der Waals surface area (Å²) in [5.74, 6) is -0.905. The van der Waals surface area contributed by atoms with Crippen LogP contribution in [0.5, 0.6) is 0 Å². The Labute approximate surface area is 127 Å². The van der Waals surface area contributed by atoms with Gasteiger partial charge in [-0.3, -0.25) is 19.4 Å². The van der Waals surface area contributed by atoms with E-state index in [1.165, 1.54) is 19.2 Å². The van der Waals surface area contributed by atoms with Gasteiger partial charge in [0.15, 0.2) is 0 Å². The number of pyridine rings is 1. The van der Waals surface area contributed by atoms with Gasteiger partial charge in [-0.05, 0) is 12.1 Å². The highest BCUT2D eigenvalue weighted by Gasteiger charge is 2.33. The number of esters is 1. The van der Waals surface area contributed by atoms with Crippen molar-refractivity contribution in [1.29, 1.82) is 0 Å². The molecule has 22 heavy (non-hydrogen) atoms. The maximum absolute atomic E-state index is 12.6. The van der Waals surface area contributed by atoms with Gasteiger partial charge >= 0.3 is 5.97 Å². The molecule has 0 fully saturated rings. The molecule has 0 N–H and O–H groups in total. The Bertz CT molecular complexity index is 721. The van der Waals surface area contributed by atoms with Gasteiger partial charge in [-0.2, -0.15) is 0 Å². The maximum Gasteiger partial charge on any atom is 0.302 e. The van der Waals surface area contributed by atoms with Gasteiger partial charge in [-0.25, -0.2) is 0 Å². The standard InChI is InChI=1S/C16H14N2O4/c1-10(19)22-9-11-4-3-7-18(11)13-8-14(20)15-12(16(13)21)5-2-6-17-15/h2-6,8,11H,7,9H2,1H3. The van der Waals surface area contributed by atoms with E-state index in [-0.39, 0.29) is 35.9 Å². The van der Waals surface area contributed by atoms with E-state index >= 15 is 0 Å². The molecular formula is C16H14N2O4. The van der Waals surface area contributed by atoms with Crippen LogP contribution in [0, 0.1) is 0 Å². The number of ether oxygens (including phenoxy) is 1. The minimum Gasteiger partial charge on any atom is -0.463 e. The first-order valence-electron chi connectivity index (χ1n) is 6.90. The highest BCUT2D eigenvalue weighted by atomic mass is 16.5. The Morgan fingerprint density at radius 2 is 2.27 bits per heavy atom. The van der Waals surface area contributed by atoms with Crippen molar-refractivity contribution < 1.29 is 19.1 Å². The van der Waals surface area contributed by atoms with Crippen molar-refractivity contribution in [3.63, 3.8) is 0 Å². The minimum atomic E-state index is -0.380. The topological polar surface area (TPSA) is 76.6 Å². The number of aromatic nitrogens is 1. The van der Waals surface area contributed by atoms with E-state index in [2.05, 4.69) is 4.98 Å². The summed E-state index contributed by atoms with van der Waals surface area (Å²) in [7, 11) is 0. The van der Waals surface area contributed by atoms with Gasteiger partial charge in [0.05, 0.1) is 17.3 Å². The quantitative estimate of drug-likeness (QED) is 0.615. The molecule has 0 spiro atoms. The smallest absolute Gasteiger partial charge is 0.302 e. The molecule has 0 bridgehead atoms. The molecule has 0 amide bonds. The van der Waals surface area contributed by atoms with Gasteiger partial charge in [-0.15, -0.1) is 0 Å². The molecule has 3 rings (SSSR count). The van der Waals surface area contributed by atoms with Crippen molar-refractivity contribution >= 4 is 17.5 Å². The van der Waals surface area contributed by atoms with Gasteiger partial charge in [-0.1, -0.05) is 12.2 Å². The molecular weight excluding hydrogens is 284 g/mol. The van der Waals surface area contributed by atoms with E-state index in [1.54, 1.807) is 17.0 Å². The molecule has 1 atom stereocenters. The number of hydrogen-bond acceptors (Lipinski definition) is 6. The number of nitrogens with zero attached hydrogens (tertiary/aromatic N) is 2. The zero-order valence-corrected chi connectivity index (χ0v) is 12.0. The van der Waals surface area contributed by atoms with Crippen molar-refractivity contribution in [1.82, 2.24) is 9.88 Å². The number of rotatable bonds is 3. The second-order valence-electron chi connectivity index (χ2n) is 5.07. The lowest BCUT2D eigenvalue weighted by atomic mass is 9.96. The Morgan fingerprint density at radius 3 is 3.05 bits per heavy atom. The highest BCUT2D eigenvalue weighted by molar-refractivity contribution is 6.23. The molecule has 0 aromatic carbocycles. The van der Waals surface area contributed by atoms with Crippen LogP contribution in [0.3, 0.4) is 0 Å². The van der Waals surface area contributed by atoms with Crippen LogP contribution in [0.15, 0.2) is 42.3 Å². The van der Waals surface area contributed by atoms with Gasteiger partial charge in [0, 0.05) is 25.7 Å². The third-order valence-electron chi connectivity index (χ3n) is 3.61. The molecule has 2 heterocycles. The largest absolute Gasteiger partial charge is 0.463 e. The van der Waals surface area contributed by atoms with Gasteiger partial charge in [0.2, 0.25) is 11.6 Å². The summed E-state index contributed by atoms with van der Waals surface area (Å²) < 4.78 is 5.01. The number of ketones is 2. The van der Waals surface area contributed by atoms with E-state index in [0.29, 0.717) is 17.8 Å². The highest BCUT2D eigenvalue weighted by Crippen LogP contribution is 2.26. The SMILES string of the molecule is CC(=O)OCC1C=CCN1C1=CC(=O)c2ncccc2C1=O. The fourth-order valence-electron chi connectivity index (χ4n) is 2.59. The van der Waals surface area contributed by atoms with E-state index in [9.17, 15) is 14.4 Å². The van der Waals surface area contributed by atoms with Crippen LogP contribution in [-0.4, -0.2) is 46.6 Å². The van der Waals surface area contributed by atoms with E-state index in [1.807, 2.05) is 12.2 Å². The van der Waals surface area contributed by atoms with Crippen molar-refractivity contribution in [2.75, 3.05) is 13.2 Å². The lowest BCUT2D eigenvalue weighted by molar-refractivity contribution is -0.141. The Morgan fingerprint density at radius 1 is 1.45 bits per heavy atom. The summed E-state index contributed by atoms with van der Waals surface area (Å²) in [4.78, 5) is 41.4. The van der Waals surface area contributed by atoms with Gasteiger partial charge in [0.25, 0.3) is 0 Å². The summed E-state index contributed by atoms with van der Waals surface area (Å²) in [5, 5.41) is 0. The Balaban J connectivity index is 1.88. The van der Waals surface area contributed by atoms with Crippen LogP contribution in [0.4, 0.5) is 0 Å². The van der Waals surface area contributed by atoms with E-state index in [4.69, 9.17) is 4.74 Å². The lowest BCUT2D eigenvalue weighted by Crippen LogP contribution is -2.38. The lowest BCUT2D eigenvalue weighted by Gasteiger charge is -2.29. The molecule has 1 unspecified atom stereocenters. The molecule has 1 aromatic heterocycles. The van der Waals surface area contributed by atoms with Crippen LogP contribution in [0.2, 0.25) is 0 Å². The fraction of sp³-hybridized carbons (Fsp3) is 0.250. The van der Waals surface area contributed by atoms with Crippen LogP contribution in [0.1, 0.15) is 27.8 Å². The first kappa shape index (κ1) is 14.2. The first-order chi connectivity index (χ1) is 10.6. The number of carbonyl (C=O) groups excluding carboxylic acids is 3. The Hall–Kier alpha value is -2.76. The number of fused-ring (bicyclic) bond motifs is 1. The average molecular weight is 298 g/mol. The maximum atomic E-state index is 12.6. The van der Waals surface area contributed by atoms with Crippen LogP contribution < -0.4 is 0 Å². The first-order valence-corrected chi connectivity index (χ1v) is 6.90. The van der Waals surface area contributed by atoms with Crippen LogP contribution in [0.25, 0.3) is 0 Å². The molecule has 112 valence electrons. The summed E-state index contributed by atoms with van der Waals surface area (Å²) in [6, 6.07) is 2.98. The molecule has 0 radical (unpaired) electrons. The zero-order valence-electron chi connectivity index (χ0n) is 12.0. The zero-order chi connectivity index (χ0) is 15.7. The number of carbonyl (C=O) groups is 3. The number of allylic oxidation sites excluding steroid dienone is 2. The summed E-state index contributed by atoms with van der Waals surface area (Å²) in [6.07, 6.45) is 6.54. The third kappa shape index (κ3) is 2.43. The average Bonchev–Trinajstić information content (AvgIpc) is 2.97. The van der Waals surface area contributed by atoms with Crippen LogP contribution in [-0.2, 0) is 9.53 Å². The predicted octanol–water partition coefficient (Wildman–Crippen LogP) is 1.15. The predicted molar refractivity (Wildman–Crippen MR) is 77.2 cm³/mol. The van der Waals surface area contributed by atoms with Gasteiger partial charge in [0.1, 0.15) is 12.3 Å². The van der Waals surface area contributed by atoms with E-state index < -0.39 is 0 Å². The second kappa shape index (κ2) is 5.55. The summed E-state index contributed by atoms with van der Waals surface area (Å²) in [5.41, 5.74) is 0.802. The molecule has 0 saturated heterocycles. The molecule has 6 nitrogen and oxygen atoms in total. The molecule has 1 aliphatic heterocycles. The fourth-order valence-corrected chi connectivity index (χ4v) is 2.59. The molecule has 6 heteroatoms. The molecule has 2 aliphatic rings. The van der Waals surface area contributed by atoms with Crippen molar-refractivity contribution in [2.45, 2.75) is 13.0 Å². The third-order valence-corrected chi connectivity index (χ3v) is 3.61. The second-order valence-corrected chi connectivity index (χ2v) is 5.07. The summed E-state index contributed by atoms with van der Waals surface area (Å²) in [6.45, 7) is 1.97. The monoisotopic (exact) mass is 298 g/mol. The summed E-state index contributed by atoms with van der Waals surface area (Å²) >= 11 is 0. The van der Waals surface area contributed by atoms with Crippen molar-refractivity contribution in [2.24, 2.45) is 0 Å². The minimum absolute atomic E-state index is 0.143. The number of Topliss-reactive ketones (excluding diaryl/α,β-unsaturated/α-hetero) is 1. The normalized spacial score (nSPS) is 20.0. The van der Waals surface area contributed by atoms with Crippen molar-refractivity contribution in [3.05, 3.63) is 53.5 Å². The molecule has 0 saturated carbocycles. The Kier molecular flexibility index (Phi) is 3.58. The van der Waals surface area contributed by atoms with Crippen LogP contribution >= 0.6 is 0 Å². The van der Waals surface area contributed by atoms with E-state index in [0.717, 1.165) is 0 Å². The van der Waals surface area contributed by atoms with Gasteiger partial charge < -0.3 is 9.64 Å². The molecule has 1 aromatic rings. The van der Waals surface area contributed by atoms with Crippen molar-refractivity contribution in [3.8, 4) is 0 Å².